The summed E-state index contributed by atoms with van der Waals surface area (Å²) in [4.78, 5) is 17.7. The summed E-state index contributed by atoms with van der Waals surface area (Å²) in [5.41, 5.74) is 2.24. The van der Waals surface area contributed by atoms with Crippen molar-refractivity contribution in [1.82, 2.24) is 15.5 Å². The van der Waals surface area contributed by atoms with E-state index in [1.54, 1.807) is 12.1 Å². The van der Waals surface area contributed by atoms with Crippen LogP contribution in [0.5, 0.6) is 0 Å². The summed E-state index contributed by atoms with van der Waals surface area (Å²) in [5, 5.41) is 17.8. The summed E-state index contributed by atoms with van der Waals surface area (Å²) in [6, 6.07) is 17.8. The summed E-state index contributed by atoms with van der Waals surface area (Å²) in [6.07, 6.45) is 2.17. The van der Waals surface area contributed by atoms with Gasteiger partial charge in [0.2, 0.25) is 0 Å². The highest BCUT2D eigenvalue weighted by molar-refractivity contribution is 5.80. The Bertz CT molecular complexity index is 828. The summed E-state index contributed by atoms with van der Waals surface area (Å²) in [7, 11) is 0. The van der Waals surface area contributed by atoms with Crippen molar-refractivity contribution in [2.24, 2.45) is 4.99 Å². The van der Waals surface area contributed by atoms with Gasteiger partial charge in [0.05, 0.1) is 11.5 Å². The zero-order valence-electron chi connectivity index (χ0n) is 17.8. The zero-order valence-corrected chi connectivity index (χ0v) is 17.8. The molecule has 2 N–H and O–H groups in total. The number of non-ortho nitro benzene ring substituents is 1. The van der Waals surface area contributed by atoms with E-state index < -0.39 is 0 Å². The number of aliphatic imine (C=N–C) groups is 1. The molecule has 1 heterocycles. The van der Waals surface area contributed by atoms with Crippen molar-refractivity contribution in [3.05, 3.63) is 75.8 Å². The topological polar surface area (TPSA) is 82.8 Å². The molecule has 0 radical (unpaired) electrons. The smallest absolute Gasteiger partial charge is 0.269 e. The maximum Gasteiger partial charge on any atom is 0.269 e. The van der Waals surface area contributed by atoms with E-state index in [1.165, 1.54) is 12.1 Å². The third kappa shape index (κ3) is 6.56. The zero-order chi connectivity index (χ0) is 21.3. The van der Waals surface area contributed by atoms with Crippen LogP contribution >= 0.6 is 0 Å². The Balaban J connectivity index is 1.62. The third-order valence-electron chi connectivity index (χ3n) is 5.47. The minimum atomic E-state index is -0.380. The lowest BCUT2D eigenvalue weighted by Crippen LogP contribution is -2.49. The van der Waals surface area contributed by atoms with Crippen molar-refractivity contribution in [1.29, 1.82) is 0 Å². The molecular weight excluding hydrogens is 378 g/mol. The Morgan fingerprint density at radius 3 is 2.37 bits per heavy atom. The van der Waals surface area contributed by atoms with E-state index in [1.807, 2.05) is 18.2 Å². The average Bonchev–Trinajstić information content (AvgIpc) is 2.77. The van der Waals surface area contributed by atoms with E-state index in [2.05, 4.69) is 41.5 Å². The normalized spacial score (nSPS) is 15.9. The van der Waals surface area contributed by atoms with E-state index in [0.717, 1.165) is 43.0 Å². The molecule has 1 saturated heterocycles. The molecular formula is C23H31N5O2. The highest BCUT2D eigenvalue weighted by Gasteiger charge is 2.21. The lowest BCUT2D eigenvalue weighted by atomic mass is 10.0. The Kier molecular flexibility index (Phi) is 7.79. The van der Waals surface area contributed by atoms with E-state index in [4.69, 9.17) is 4.99 Å². The van der Waals surface area contributed by atoms with Gasteiger partial charge in [-0.25, -0.2) is 4.99 Å². The number of guanidine groups is 1. The van der Waals surface area contributed by atoms with Gasteiger partial charge in [-0.2, -0.15) is 0 Å². The second kappa shape index (κ2) is 10.7. The van der Waals surface area contributed by atoms with Gasteiger partial charge >= 0.3 is 0 Å². The number of nitrogens with zero attached hydrogens (tertiary/aromatic N) is 3. The number of piperidine rings is 1. The van der Waals surface area contributed by atoms with Crippen molar-refractivity contribution >= 4 is 11.6 Å². The molecule has 7 nitrogen and oxygen atoms in total. The second-order valence-corrected chi connectivity index (χ2v) is 7.98. The fourth-order valence-corrected chi connectivity index (χ4v) is 3.58. The Morgan fingerprint density at radius 1 is 1.10 bits per heavy atom. The van der Waals surface area contributed by atoms with Crippen LogP contribution in [0.15, 0.2) is 59.6 Å². The van der Waals surface area contributed by atoms with Crippen LogP contribution in [0.4, 0.5) is 5.69 Å². The number of likely N-dealkylation sites (tertiary alicyclic amines) is 1. The molecule has 30 heavy (non-hydrogen) atoms. The molecule has 0 aliphatic carbocycles. The molecule has 0 amide bonds. The van der Waals surface area contributed by atoms with Crippen molar-refractivity contribution in [3.8, 4) is 0 Å². The first kappa shape index (κ1) is 21.8. The molecule has 3 rings (SSSR count). The van der Waals surface area contributed by atoms with Crippen molar-refractivity contribution in [2.45, 2.75) is 51.9 Å². The molecule has 0 aromatic heterocycles. The van der Waals surface area contributed by atoms with Gasteiger partial charge in [-0.15, -0.1) is 0 Å². The molecule has 1 fully saturated rings. The fraction of sp³-hybridized carbons (Fsp3) is 0.435. The highest BCUT2D eigenvalue weighted by Crippen LogP contribution is 2.14. The van der Waals surface area contributed by atoms with Crippen molar-refractivity contribution in [3.63, 3.8) is 0 Å². The van der Waals surface area contributed by atoms with Crippen LogP contribution in [0.2, 0.25) is 0 Å². The lowest BCUT2D eigenvalue weighted by molar-refractivity contribution is -0.384. The van der Waals surface area contributed by atoms with Gasteiger partial charge in [0.15, 0.2) is 5.96 Å². The number of hydrogen-bond donors (Lipinski definition) is 2. The molecule has 1 aliphatic heterocycles. The van der Waals surface area contributed by atoms with Gasteiger partial charge in [-0.1, -0.05) is 42.5 Å². The number of nitro groups is 1. The van der Waals surface area contributed by atoms with Crippen LogP contribution in [0.25, 0.3) is 0 Å². The van der Waals surface area contributed by atoms with Crippen LogP contribution in [0.3, 0.4) is 0 Å². The summed E-state index contributed by atoms with van der Waals surface area (Å²) >= 11 is 0. The van der Waals surface area contributed by atoms with Gasteiger partial charge in [0.25, 0.3) is 5.69 Å². The van der Waals surface area contributed by atoms with Gasteiger partial charge in [0, 0.05) is 43.9 Å². The maximum absolute atomic E-state index is 10.8. The predicted molar refractivity (Wildman–Crippen MR) is 120 cm³/mol. The minimum absolute atomic E-state index is 0.103. The number of benzene rings is 2. The number of nitro benzene ring substituents is 1. The quantitative estimate of drug-likeness (QED) is 0.315. The molecule has 0 saturated carbocycles. The first-order chi connectivity index (χ1) is 14.5. The Labute approximate surface area is 178 Å². The van der Waals surface area contributed by atoms with Crippen LogP contribution in [-0.2, 0) is 13.1 Å². The monoisotopic (exact) mass is 409 g/mol. The SMILES string of the molecule is CC(C)N1CCC(NC(=NCc2ccccc2)NCc2ccc([N+](=O)[O-])cc2)CC1. The van der Waals surface area contributed by atoms with Crippen molar-refractivity contribution < 1.29 is 4.92 Å². The van der Waals surface area contributed by atoms with Crippen LogP contribution in [0.1, 0.15) is 37.8 Å². The van der Waals surface area contributed by atoms with Crippen molar-refractivity contribution in [2.75, 3.05) is 13.1 Å². The molecule has 2 aromatic rings. The van der Waals surface area contributed by atoms with Crippen LogP contribution in [-0.4, -0.2) is 41.0 Å². The number of rotatable bonds is 7. The minimum Gasteiger partial charge on any atom is -0.354 e. The molecule has 0 spiro atoms. The van der Waals surface area contributed by atoms with Gasteiger partial charge < -0.3 is 15.5 Å². The summed E-state index contributed by atoms with van der Waals surface area (Å²) in [6.45, 7) is 7.82. The first-order valence-corrected chi connectivity index (χ1v) is 10.6. The standard InChI is InChI=1S/C23H31N5O2/c1-18(2)27-14-12-21(13-15-27)26-23(24-16-19-6-4-3-5-7-19)25-17-20-8-10-22(11-9-20)28(29)30/h3-11,18,21H,12-17H2,1-2H3,(H2,24,25,26). The summed E-state index contributed by atoms with van der Waals surface area (Å²) in [5.74, 6) is 0.778. The van der Waals surface area contributed by atoms with E-state index >= 15 is 0 Å². The molecule has 0 unspecified atom stereocenters. The van der Waals surface area contributed by atoms with Crippen LogP contribution in [0, 0.1) is 10.1 Å². The Morgan fingerprint density at radius 2 is 1.77 bits per heavy atom. The predicted octanol–water partition coefficient (Wildman–Crippen LogP) is 3.70. The van der Waals surface area contributed by atoms with E-state index in [-0.39, 0.29) is 10.6 Å². The largest absolute Gasteiger partial charge is 0.354 e. The third-order valence-corrected chi connectivity index (χ3v) is 5.47. The number of hydrogen-bond acceptors (Lipinski definition) is 4. The molecule has 7 heteroatoms. The molecule has 0 bridgehead atoms. The van der Waals surface area contributed by atoms with Gasteiger partial charge in [0.1, 0.15) is 0 Å². The Hall–Kier alpha value is -2.93. The highest BCUT2D eigenvalue weighted by atomic mass is 16.6. The van der Waals surface area contributed by atoms with Crippen LogP contribution < -0.4 is 10.6 Å². The fourth-order valence-electron chi connectivity index (χ4n) is 3.58. The second-order valence-electron chi connectivity index (χ2n) is 7.98. The average molecular weight is 410 g/mol. The van der Waals surface area contributed by atoms with E-state index in [0.29, 0.717) is 25.2 Å². The molecule has 0 atom stereocenters. The molecule has 160 valence electrons. The maximum atomic E-state index is 10.8. The lowest BCUT2D eigenvalue weighted by Gasteiger charge is -2.35. The van der Waals surface area contributed by atoms with Gasteiger partial charge in [-0.3, -0.25) is 10.1 Å². The molecule has 1 aliphatic rings. The summed E-state index contributed by atoms with van der Waals surface area (Å²) < 4.78 is 0. The number of nitrogens with one attached hydrogen (secondary N) is 2. The molecule has 2 aromatic carbocycles. The first-order valence-electron chi connectivity index (χ1n) is 10.6. The van der Waals surface area contributed by atoms with Gasteiger partial charge in [-0.05, 0) is 37.8 Å². The van der Waals surface area contributed by atoms with E-state index in [9.17, 15) is 10.1 Å².